The maximum atomic E-state index is 5.50. The first-order chi connectivity index (χ1) is 12.3. The van der Waals surface area contributed by atoms with Crippen LogP contribution in [0.25, 0.3) is 10.9 Å². The number of nitrogens with one attached hydrogen (secondary N) is 2. The molecule has 0 amide bonds. The van der Waals surface area contributed by atoms with E-state index in [1.54, 1.807) is 7.11 Å². The highest BCUT2D eigenvalue weighted by molar-refractivity contribution is 5.82. The molecular weight excluding hydrogens is 310 g/mol. The Balaban J connectivity index is 1.33. The predicted molar refractivity (Wildman–Crippen MR) is 103 cm³/mol. The molecule has 4 heteroatoms. The van der Waals surface area contributed by atoms with E-state index < -0.39 is 0 Å². The quantitative estimate of drug-likeness (QED) is 0.720. The number of para-hydroxylation sites is 2. The average Bonchev–Trinajstić information content (AvgIpc) is 3.31. The minimum Gasteiger partial charge on any atom is -0.495 e. The van der Waals surface area contributed by atoms with Crippen molar-refractivity contribution in [1.29, 1.82) is 0 Å². The zero-order chi connectivity index (χ0) is 17.1. The summed E-state index contributed by atoms with van der Waals surface area (Å²) >= 11 is 0. The maximum Gasteiger partial charge on any atom is 0.142 e. The number of ether oxygens (including phenoxy) is 1. The molecule has 0 spiro atoms. The van der Waals surface area contributed by atoms with Crippen LogP contribution in [0.15, 0.2) is 54.7 Å². The van der Waals surface area contributed by atoms with Crippen LogP contribution in [-0.2, 0) is 6.54 Å². The highest BCUT2D eigenvalue weighted by Gasteiger charge is 2.24. The topological polar surface area (TPSA) is 40.3 Å². The number of H-pyrrole nitrogens is 1. The predicted octanol–water partition coefficient (Wildman–Crippen LogP) is 3.79. The van der Waals surface area contributed by atoms with Crippen molar-refractivity contribution >= 4 is 16.6 Å². The molecule has 2 N–H and O–H groups in total. The number of rotatable bonds is 6. The lowest BCUT2D eigenvalue weighted by molar-refractivity contribution is 0.414. The van der Waals surface area contributed by atoms with Gasteiger partial charge >= 0.3 is 0 Å². The van der Waals surface area contributed by atoms with Gasteiger partial charge in [0.05, 0.1) is 12.8 Å². The van der Waals surface area contributed by atoms with Gasteiger partial charge in [0.25, 0.3) is 0 Å². The van der Waals surface area contributed by atoms with Crippen molar-refractivity contribution in [3.05, 3.63) is 60.3 Å². The third-order valence-electron chi connectivity index (χ3n) is 5.15. The first-order valence-corrected chi connectivity index (χ1v) is 8.99. The summed E-state index contributed by atoms with van der Waals surface area (Å²) in [7, 11) is 1.75. The van der Waals surface area contributed by atoms with Crippen molar-refractivity contribution in [3.63, 3.8) is 0 Å². The molecule has 1 fully saturated rings. The summed E-state index contributed by atoms with van der Waals surface area (Å²) in [6.07, 6.45) is 3.23. The highest BCUT2D eigenvalue weighted by Crippen LogP contribution is 2.31. The van der Waals surface area contributed by atoms with E-state index in [2.05, 4.69) is 51.6 Å². The van der Waals surface area contributed by atoms with E-state index in [0.29, 0.717) is 5.92 Å². The molecule has 1 saturated heterocycles. The molecule has 130 valence electrons. The van der Waals surface area contributed by atoms with Crippen LogP contribution in [0.4, 0.5) is 5.69 Å². The molecule has 0 radical (unpaired) electrons. The first-order valence-electron chi connectivity index (χ1n) is 8.99. The fourth-order valence-electron chi connectivity index (χ4n) is 3.82. The first kappa shape index (κ1) is 16.0. The molecule has 25 heavy (non-hydrogen) atoms. The Bertz CT molecular complexity index is 842. The van der Waals surface area contributed by atoms with Gasteiger partial charge in [-0.25, -0.2) is 0 Å². The van der Waals surface area contributed by atoms with E-state index in [9.17, 15) is 0 Å². The lowest BCUT2D eigenvalue weighted by atomic mass is 10.1. The molecule has 1 aromatic heterocycles. The second-order valence-corrected chi connectivity index (χ2v) is 6.76. The fraction of sp³-hybridized carbons (Fsp3) is 0.333. The molecule has 1 unspecified atom stereocenters. The largest absolute Gasteiger partial charge is 0.495 e. The molecule has 2 heterocycles. The number of anilines is 1. The van der Waals surface area contributed by atoms with Crippen LogP contribution < -0.4 is 15.0 Å². The van der Waals surface area contributed by atoms with Gasteiger partial charge in [0.15, 0.2) is 0 Å². The Morgan fingerprint density at radius 2 is 2.08 bits per heavy atom. The minimum atomic E-state index is 0.676. The number of hydrogen-bond acceptors (Lipinski definition) is 3. The average molecular weight is 335 g/mol. The van der Waals surface area contributed by atoms with E-state index in [0.717, 1.165) is 31.9 Å². The Morgan fingerprint density at radius 1 is 1.16 bits per heavy atom. The van der Waals surface area contributed by atoms with Crippen LogP contribution in [-0.4, -0.2) is 31.7 Å². The normalized spacial score (nSPS) is 17.3. The molecule has 0 aliphatic carbocycles. The number of hydrogen-bond donors (Lipinski definition) is 2. The van der Waals surface area contributed by atoms with Crippen LogP contribution in [0.1, 0.15) is 12.0 Å². The van der Waals surface area contributed by atoms with Crippen LogP contribution in [0.2, 0.25) is 0 Å². The van der Waals surface area contributed by atoms with E-state index in [4.69, 9.17) is 4.74 Å². The second-order valence-electron chi connectivity index (χ2n) is 6.76. The number of nitrogens with zero attached hydrogens (tertiary/aromatic N) is 1. The van der Waals surface area contributed by atoms with Crippen molar-refractivity contribution in [2.24, 2.45) is 5.92 Å². The summed E-state index contributed by atoms with van der Waals surface area (Å²) in [5.41, 5.74) is 3.78. The van der Waals surface area contributed by atoms with Crippen molar-refractivity contribution in [2.45, 2.75) is 13.0 Å². The van der Waals surface area contributed by atoms with Gasteiger partial charge in [-0.3, -0.25) is 0 Å². The smallest absolute Gasteiger partial charge is 0.142 e. The molecule has 2 aromatic carbocycles. The Kier molecular flexibility index (Phi) is 4.61. The van der Waals surface area contributed by atoms with Crippen molar-refractivity contribution in [1.82, 2.24) is 10.3 Å². The zero-order valence-electron chi connectivity index (χ0n) is 14.7. The molecule has 0 saturated carbocycles. The molecule has 4 rings (SSSR count). The van der Waals surface area contributed by atoms with Gasteiger partial charge in [-0.1, -0.05) is 24.3 Å². The standard InChI is InChI=1S/C21H25N3O/c1-25-21-8-3-2-7-20(21)24-12-10-16(15-24)13-22-14-17-5-4-6-19-18(17)9-11-23-19/h2-9,11,16,22-23H,10,12-15H2,1H3. The third-order valence-corrected chi connectivity index (χ3v) is 5.15. The van der Waals surface area contributed by atoms with Gasteiger partial charge in [0, 0.05) is 43.3 Å². The van der Waals surface area contributed by atoms with Gasteiger partial charge in [-0.2, -0.15) is 0 Å². The minimum absolute atomic E-state index is 0.676. The maximum absolute atomic E-state index is 5.50. The summed E-state index contributed by atoms with van der Waals surface area (Å²) < 4.78 is 5.50. The van der Waals surface area contributed by atoms with Crippen LogP contribution in [0.5, 0.6) is 5.75 Å². The van der Waals surface area contributed by atoms with Crippen LogP contribution >= 0.6 is 0 Å². The van der Waals surface area contributed by atoms with Crippen molar-refractivity contribution in [3.8, 4) is 5.75 Å². The van der Waals surface area contributed by atoms with Gasteiger partial charge in [0.2, 0.25) is 0 Å². The summed E-state index contributed by atoms with van der Waals surface area (Å²) in [4.78, 5) is 5.72. The number of aromatic nitrogens is 1. The van der Waals surface area contributed by atoms with Gasteiger partial charge in [-0.15, -0.1) is 0 Å². The lowest BCUT2D eigenvalue weighted by Crippen LogP contribution is -2.26. The summed E-state index contributed by atoms with van der Waals surface area (Å²) in [5, 5.41) is 4.97. The second kappa shape index (κ2) is 7.19. The van der Waals surface area contributed by atoms with Crippen LogP contribution in [0.3, 0.4) is 0 Å². The summed E-state index contributed by atoms with van der Waals surface area (Å²) in [6, 6.07) is 16.9. The SMILES string of the molecule is COc1ccccc1N1CCC(CNCc2cccc3[nH]ccc23)C1. The number of benzene rings is 2. The molecular formula is C21H25N3O. The van der Waals surface area contributed by atoms with Gasteiger partial charge in [-0.05, 0) is 42.2 Å². The highest BCUT2D eigenvalue weighted by atomic mass is 16.5. The zero-order valence-corrected chi connectivity index (χ0v) is 14.7. The van der Waals surface area contributed by atoms with E-state index >= 15 is 0 Å². The number of aromatic amines is 1. The lowest BCUT2D eigenvalue weighted by Gasteiger charge is -2.21. The van der Waals surface area contributed by atoms with Crippen molar-refractivity contribution < 1.29 is 4.74 Å². The van der Waals surface area contributed by atoms with E-state index in [1.807, 2.05) is 18.3 Å². The number of methoxy groups -OCH3 is 1. The molecule has 0 bridgehead atoms. The Morgan fingerprint density at radius 3 is 3.00 bits per heavy atom. The Hall–Kier alpha value is -2.46. The summed E-state index contributed by atoms with van der Waals surface area (Å²) in [5.74, 6) is 1.64. The number of fused-ring (bicyclic) bond motifs is 1. The molecule has 1 aliphatic rings. The van der Waals surface area contributed by atoms with E-state index in [-0.39, 0.29) is 0 Å². The van der Waals surface area contributed by atoms with Gasteiger partial charge in [0.1, 0.15) is 5.75 Å². The Labute approximate surface area is 148 Å². The fourth-order valence-corrected chi connectivity index (χ4v) is 3.82. The van der Waals surface area contributed by atoms with E-state index in [1.165, 1.54) is 28.6 Å². The molecule has 1 aliphatic heterocycles. The third kappa shape index (κ3) is 3.35. The monoisotopic (exact) mass is 335 g/mol. The molecule has 4 nitrogen and oxygen atoms in total. The van der Waals surface area contributed by atoms with Crippen LogP contribution in [0, 0.1) is 5.92 Å². The summed E-state index contributed by atoms with van der Waals surface area (Å²) in [6.45, 7) is 4.15. The molecule has 3 aromatic rings. The van der Waals surface area contributed by atoms with Gasteiger partial charge < -0.3 is 19.9 Å². The molecule has 1 atom stereocenters. The van der Waals surface area contributed by atoms with Crippen molar-refractivity contribution in [2.75, 3.05) is 31.6 Å².